The molecule has 4 rings (SSSR count). The maximum absolute atomic E-state index is 12.1. The van der Waals surface area contributed by atoms with Crippen LogP contribution in [0.1, 0.15) is 0 Å². The number of anilines is 1. The molecular weight excluding hydrogens is 618 g/mol. The van der Waals surface area contributed by atoms with Crippen LogP contribution in [-0.2, 0) is 40.5 Å². The van der Waals surface area contributed by atoms with E-state index in [9.17, 15) is 57.0 Å². The Balaban J connectivity index is 2.06. The van der Waals surface area contributed by atoms with E-state index in [2.05, 4.69) is 10.2 Å². The van der Waals surface area contributed by atoms with Crippen molar-refractivity contribution in [3.63, 3.8) is 0 Å². The number of hydrogen-bond donors (Lipinski definition) is 6. The summed E-state index contributed by atoms with van der Waals surface area (Å²) in [5.74, 6) is -1.04. The average Bonchev–Trinajstić information content (AvgIpc) is 2.79. The molecule has 0 unspecified atom stereocenters. The highest BCUT2D eigenvalue weighted by Crippen LogP contribution is 2.44. The first-order valence-electron chi connectivity index (χ1n) is 10.2. The van der Waals surface area contributed by atoms with E-state index in [1.807, 2.05) is 0 Å². The van der Waals surface area contributed by atoms with Gasteiger partial charge in [0.2, 0.25) is 0 Å². The molecule has 0 bridgehead atoms. The zero-order valence-corrected chi connectivity index (χ0v) is 22.5. The van der Waals surface area contributed by atoms with Gasteiger partial charge >= 0.3 is 0 Å². The van der Waals surface area contributed by atoms with Crippen molar-refractivity contribution in [3.8, 4) is 5.75 Å². The highest BCUT2D eigenvalue weighted by molar-refractivity contribution is 7.87. The van der Waals surface area contributed by atoms with Crippen molar-refractivity contribution >= 4 is 79.1 Å². The lowest BCUT2D eigenvalue weighted by Crippen LogP contribution is -2.03. The fraction of sp³-hybridized carbons (Fsp3) is 0. The van der Waals surface area contributed by atoms with Crippen LogP contribution in [0.4, 0.5) is 17.1 Å². The topological polar surface area (TPSA) is 288 Å². The highest BCUT2D eigenvalue weighted by Gasteiger charge is 2.25. The zero-order chi connectivity index (χ0) is 30.0. The number of nitrogen functional groups attached to an aromatic ring is 1. The minimum Gasteiger partial charge on any atom is -0.505 e. The molecule has 4 aromatic carbocycles. The summed E-state index contributed by atoms with van der Waals surface area (Å²) in [7, 11) is -20.0. The summed E-state index contributed by atoms with van der Waals surface area (Å²) in [5, 5.41) is 16.4. The second-order valence-electron chi connectivity index (χ2n) is 8.08. The van der Waals surface area contributed by atoms with E-state index in [-0.39, 0.29) is 16.2 Å². The Bertz CT molecular complexity index is 2230. The van der Waals surface area contributed by atoms with Gasteiger partial charge in [-0.25, -0.2) is 0 Å². The molecule has 7 N–H and O–H groups in total. The SMILES string of the molecule is Nc1cc(S(=O)(=O)O)cc2cc(S(=O)(=O)O)c(N=Nc3cc(S(=O)(=O)O)c4cccc(S(=O)(=O)O)c4c3)c(O)c12. The number of phenolic OH excluding ortho intramolecular Hbond substituents is 1. The number of rotatable bonds is 6. The van der Waals surface area contributed by atoms with Crippen LogP contribution in [0.25, 0.3) is 21.5 Å². The van der Waals surface area contributed by atoms with E-state index in [4.69, 9.17) is 5.73 Å². The number of hydrogen-bond acceptors (Lipinski definition) is 12. The zero-order valence-electron chi connectivity index (χ0n) is 19.2. The predicted octanol–water partition coefficient (Wildman–Crippen LogP) is 2.68. The van der Waals surface area contributed by atoms with Crippen LogP contribution in [0.15, 0.2) is 78.3 Å². The van der Waals surface area contributed by atoms with Crippen molar-refractivity contribution in [2.75, 3.05) is 5.73 Å². The van der Waals surface area contributed by atoms with Gasteiger partial charge in [0.15, 0.2) is 5.75 Å². The lowest BCUT2D eigenvalue weighted by molar-refractivity contribution is 0.472. The molecule has 0 saturated heterocycles. The van der Waals surface area contributed by atoms with Crippen molar-refractivity contribution in [1.29, 1.82) is 0 Å². The van der Waals surface area contributed by atoms with Gasteiger partial charge in [-0.15, -0.1) is 5.11 Å². The Hall–Kier alpha value is -3.76. The third-order valence-electron chi connectivity index (χ3n) is 5.45. The first-order chi connectivity index (χ1) is 18.2. The van der Waals surface area contributed by atoms with Crippen molar-refractivity contribution in [2.24, 2.45) is 10.2 Å². The van der Waals surface area contributed by atoms with Gasteiger partial charge in [-0.05, 0) is 41.8 Å². The average molecular weight is 634 g/mol. The van der Waals surface area contributed by atoms with E-state index in [1.165, 1.54) is 0 Å². The summed E-state index contributed by atoms with van der Waals surface area (Å²) >= 11 is 0. The number of aromatic hydroxyl groups is 1. The molecule has 0 aliphatic heterocycles. The molecule has 0 atom stereocenters. The molecule has 0 radical (unpaired) electrons. The van der Waals surface area contributed by atoms with Crippen molar-refractivity contribution < 1.29 is 57.0 Å². The Morgan fingerprint density at radius 2 is 1.23 bits per heavy atom. The van der Waals surface area contributed by atoms with Gasteiger partial charge in [-0.1, -0.05) is 12.1 Å². The number of azo groups is 1. The number of fused-ring (bicyclic) bond motifs is 2. The third-order valence-corrected chi connectivity index (χ3v) is 8.96. The first-order valence-corrected chi connectivity index (χ1v) is 15.9. The van der Waals surface area contributed by atoms with Gasteiger partial charge < -0.3 is 10.8 Å². The Kier molecular flexibility index (Phi) is 6.88. The lowest BCUT2D eigenvalue weighted by Gasteiger charge is -2.12. The third kappa shape index (κ3) is 5.46. The second-order valence-corrected chi connectivity index (χ2v) is 13.7. The van der Waals surface area contributed by atoms with Crippen LogP contribution in [0.2, 0.25) is 0 Å². The normalized spacial score (nSPS) is 13.4. The van der Waals surface area contributed by atoms with Crippen LogP contribution >= 0.6 is 0 Å². The molecule has 20 heteroatoms. The number of nitrogens with two attached hydrogens (primary N) is 1. The standard InChI is InChI=1S/C20H15N3O13S4/c21-14-8-11(37(25,26)27)4-9-5-17(40(34,35)36)19(20(24)18(9)14)23-22-10-6-13-12(16(7-10)39(31,32)33)2-1-3-15(13)38(28,29)30/h1-8,24H,21H2,(H,25,26,27)(H,28,29,30)(H,31,32,33)(H,34,35,36). The predicted molar refractivity (Wildman–Crippen MR) is 137 cm³/mol. The van der Waals surface area contributed by atoms with E-state index >= 15 is 0 Å². The van der Waals surface area contributed by atoms with Gasteiger partial charge in [0, 0.05) is 21.8 Å². The van der Waals surface area contributed by atoms with Gasteiger partial charge in [0.05, 0.1) is 10.6 Å². The maximum atomic E-state index is 12.1. The molecule has 212 valence electrons. The Labute approximate surface area is 225 Å². The molecule has 40 heavy (non-hydrogen) atoms. The molecule has 0 aliphatic rings. The summed E-state index contributed by atoms with van der Waals surface area (Å²) < 4.78 is 133. The van der Waals surface area contributed by atoms with Crippen LogP contribution in [0.3, 0.4) is 0 Å². The van der Waals surface area contributed by atoms with Gasteiger partial charge in [0.25, 0.3) is 40.5 Å². The number of nitrogens with zero attached hydrogens (tertiary/aromatic N) is 2. The highest BCUT2D eigenvalue weighted by atomic mass is 32.2. The smallest absolute Gasteiger partial charge is 0.296 e. The molecular formula is C20H15N3O13S4. The summed E-state index contributed by atoms with van der Waals surface area (Å²) in [6, 6.07) is 6.89. The van der Waals surface area contributed by atoms with Gasteiger partial charge in [-0.3, -0.25) is 18.2 Å². The quantitative estimate of drug-likeness (QED) is 0.101. The van der Waals surface area contributed by atoms with Crippen molar-refractivity contribution in [1.82, 2.24) is 0 Å². The minimum atomic E-state index is -5.22. The summed E-state index contributed by atoms with van der Waals surface area (Å²) in [5.41, 5.74) is 3.81. The van der Waals surface area contributed by atoms with E-state index in [0.29, 0.717) is 12.1 Å². The summed E-state index contributed by atoms with van der Waals surface area (Å²) in [4.78, 5) is -3.54. The fourth-order valence-corrected chi connectivity index (χ4v) is 6.48. The molecule has 0 heterocycles. The molecule has 4 aromatic rings. The lowest BCUT2D eigenvalue weighted by atomic mass is 10.1. The van der Waals surface area contributed by atoms with E-state index in [1.54, 1.807) is 0 Å². The first kappa shape index (κ1) is 29.2. The summed E-state index contributed by atoms with van der Waals surface area (Å²) in [6.07, 6.45) is 0. The van der Waals surface area contributed by atoms with Crippen molar-refractivity contribution in [2.45, 2.75) is 19.6 Å². The Morgan fingerprint density at radius 1 is 0.625 bits per heavy atom. The number of benzene rings is 4. The van der Waals surface area contributed by atoms with Gasteiger partial charge in [-0.2, -0.15) is 38.8 Å². The minimum absolute atomic E-state index is 0.342. The molecule has 0 aliphatic carbocycles. The molecule has 0 saturated carbocycles. The van der Waals surface area contributed by atoms with Crippen molar-refractivity contribution in [3.05, 3.63) is 48.5 Å². The fourth-order valence-electron chi connectivity index (χ4n) is 3.85. The Morgan fingerprint density at radius 3 is 1.77 bits per heavy atom. The van der Waals surface area contributed by atoms with Gasteiger partial charge in [0.1, 0.15) is 20.4 Å². The van der Waals surface area contributed by atoms with Crippen LogP contribution < -0.4 is 5.73 Å². The van der Waals surface area contributed by atoms with E-state index < -0.39 is 88.3 Å². The largest absolute Gasteiger partial charge is 0.505 e. The molecule has 16 nitrogen and oxygen atoms in total. The molecule has 0 spiro atoms. The van der Waals surface area contributed by atoms with Crippen LogP contribution in [0, 0.1) is 0 Å². The maximum Gasteiger partial charge on any atom is 0.296 e. The monoisotopic (exact) mass is 633 g/mol. The van der Waals surface area contributed by atoms with Crippen LogP contribution in [-0.4, -0.2) is 57.0 Å². The molecule has 0 fully saturated rings. The number of phenols is 1. The molecule has 0 aromatic heterocycles. The summed E-state index contributed by atoms with van der Waals surface area (Å²) in [6.45, 7) is 0. The van der Waals surface area contributed by atoms with Crippen LogP contribution in [0.5, 0.6) is 5.75 Å². The van der Waals surface area contributed by atoms with E-state index in [0.717, 1.165) is 36.4 Å². The molecule has 0 amide bonds. The second kappa shape index (κ2) is 9.42.